The van der Waals surface area contributed by atoms with Crippen molar-refractivity contribution in [1.29, 1.82) is 0 Å². The molecule has 0 aromatic heterocycles. The third-order valence-corrected chi connectivity index (χ3v) is 10.2. The summed E-state index contributed by atoms with van der Waals surface area (Å²) < 4.78 is 6.03. The number of benzene rings is 1. The summed E-state index contributed by atoms with van der Waals surface area (Å²) in [5.41, 5.74) is 5.01. The molecule has 37 heavy (non-hydrogen) atoms. The number of carbonyl (C=O) groups excluding carboxylic acids is 3. The molecule has 0 spiro atoms. The van der Waals surface area contributed by atoms with Crippen molar-refractivity contribution in [3.8, 4) is 0 Å². The van der Waals surface area contributed by atoms with Crippen LogP contribution in [0.5, 0.6) is 0 Å². The van der Waals surface area contributed by atoms with Crippen molar-refractivity contribution in [2.24, 2.45) is 17.3 Å². The summed E-state index contributed by atoms with van der Waals surface area (Å²) in [5.74, 6) is 0.569. The van der Waals surface area contributed by atoms with E-state index in [2.05, 4.69) is 57.0 Å². The molecule has 5 atom stereocenters. The smallest absolute Gasteiger partial charge is 0.303 e. The summed E-state index contributed by atoms with van der Waals surface area (Å²) in [6.07, 6.45) is 7.41. The monoisotopic (exact) mass is 503 g/mol. The maximum atomic E-state index is 13.3. The molecule has 4 aliphatic carbocycles. The minimum absolute atomic E-state index is 0.0314. The van der Waals surface area contributed by atoms with E-state index in [1.165, 1.54) is 34.9 Å². The molecular formula is C32H41NO4. The number of rotatable bonds is 5. The first kappa shape index (κ1) is 25.9. The van der Waals surface area contributed by atoms with E-state index in [1.54, 1.807) is 6.92 Å². The van der Waals surface area contributed by atoms with E-state index < -0.39 is 11.0 Å². The predicted octanol–water partition coefficient (Wildman–Crippen LogP) is 6.32. The summed E-state index contributed by atoms with van der Waals surface area (Å²) in [5, 5.41) is 0. The van der Waals surface area contributed by atoms with Crippen molar-refractivity contribution in [3.63, 3.8) is 0 Å². The highest BCUT2D eigenvalue weighted by Crippen LogP contribution is 2.67. The molecular weight excluding hydrogens is 462 g/mol. The van der Waals surface area contributed by atoms with E-state index in [-0.39, 0.29) is 29.4 Å². The number of carbonyl (C=O) groups is 3. The zero-order chi connectivity index (χ0) is 26.7. The Kier molecular flexibility index (Phi) is 6.49. The summed E-state index contributed by atoms with van der Waals surface area (Å²) in [6, 6.07) is 9.30. The number of ketones is 2. The SMILES string of the molecule is CC(=O)O[C@]1(C(C)=O)CC[C@H]2C3CCC4=CC(=O)CCC4=C3[C@@H](c3ccc(N(C)C(C)C)cc3)C[C@@]21C. The lowest BCUT2D eigenvalue weighted by molar-refractivity contribution is -0.182. The van der Waals surface area contributed by atoms with Gasteiger partial charge in [-0.05, 0) is 106 Å². The van der Waals surface area contributed by atoms with E-state index in [4.69, 9.17) is 4.74 Å². The Morgan fingerprint density at radius 1 is 1.05 bits per heavy atom. The molecule has 2 saturated carbocycles. The Morgan fingerprint density at radius 2 is 1.76 bits per heavy atom. The number of nitrogens with zero attached hydrogens (tertiary/aromatic N) is 1. The summed E-state index contributed by atoms with van der Waals surface area (Å²) in [4.78, 5) is 40.1. The molecule has 5 heteroatoms. The van der Waals surface area contributed by atoms with E-state index in [9.17, 15) is 14.4 Å². The molecule has 0 bridgehead atoms. The average Bonchev–Trinajstić information content (AvgIpc) is 3.15. The molecule has 1 unspecified atom stereocenters. The number of anilines is 1. The molecule has 2 fully saturated rings. The third-order valence-electron chi connectivity index (χ3n) is 10.2. The molecule has 5 nitrogen and oxygen atoms in total. The van der Waals surface area contributed by atoms with Crippen LogP contribution >= 0.6 is 0 Å². The number of allylic oxidation sites excluding steroid dienone is 4. The Balaban J connectivity index is 1.66. The van der Waals surface area contributed by atoms with Crippen molar-refractivity contribution in [2.75, 3.05) is 11.9 Å². The fourth-order valence-corrected chi connectivity index (χ4v) is 8.25. The number of hydrogen-bond donors (Lipinski definition) is 0. The van der Waals surface area contributed by atoms with Gasteiger partial charge in [0.25, 0.3) is 0 Å². The molecule has 0 saturated heterocycles. The lowest BCUT2D eigenvalue weighted by Gasteiger charge is -2.55. The van der Waals surface area contributed by atoms with Crippen molar-refractivity contribution >= 4 is 23.2 Å². The van der Waals surface area contributed by atoms with E-state index in [0.29, 0.717) is 24.8 Å². The Hall–Kier alpha value is -2.69. The predicted molar refractivity (Wildman–Crippen MR) is 145 cm³/mol. The zero-order valence-electron chi connectivity index (χ0n) is 23.2. The molecule has 0 N–H and O–H groups in total. The molecule has 1 aromatic rings. The van der Waals surface area contributed by atoms with Crippen LogP contribution in [0, 0.1) is 17.3 Å². The highest BCUT2D eigenvalue weighted by molar-refractivity contribution is 5.93. The van der Waals surface area contributed by atoms with Crippen LogP contribution < -0.4 is 4.90 Å². The van der Waals surface area contributed by atoms with Gasteiger partial charge in [-0.25, -0.2) is 0 Å². The van der Waals surface area contributed by atoms with Gasteiger partial charge in [-0.15, -0.1) is 0 Å². The Morgan fingerprint density at radius 3 is 2.38 bits per heavy atom. The number of fused-ring (bicyclic) bond motifs is 4. The maximum absolute atomic E-state index is 13.3. The Labute approximate surface area is 221 Å². The van der Waals surface area contributed by atoms with Gasteiger partial charge in [0.05, 0.1) is 0 Å². The van der Waals surface area contributed by atoms with E-state index >= 15 is 0 Å². The van der Waals surface area contributed by atoms with Crippen molar-refractivity contribution in [1.82, 2.24) is 0 Å². The van der Waals surface area contributed by atoms with Gasteiger partial charge in [0.2, 0.25) is 0 Å². The van der Waals surface area contributed by atoms with Crippen LogP contribution in [-0.4, -0.2) is 36.2 Å². The van der Waals surface area contributed by atoms with Gasteiger partial charge in [-0.3, -0.25) is 14.4 Å². The molecule has 0 heterocycles. The molecule has 0 aliphatic heterocycles. The minimum Gasteiger partial charge on any atom is -0.451 e. The fraction of sp³-hybridized carbons (Fsp3) is 0.594. The number of Topliss-reactive ketones (excluding diaryl/α,β-unsaturated/α-hetero) is 1. The van der Waals surface area contributed by atoms with Crippen LogP contribution in [0.25, 0.3) is 0 Å². The van der Waals surface area contributed by atoms with Crippen LogP contribution in [0.3, 0.4) is 0 Å². The normalized spacial score (nSPS) is 32.9. The Bertz CT molecular complexity index is 1190. The summed E-state index contributed by atoms with van der Waals surface area (Å²) in [6.45, 7) is 9.61. The van der Waals surface area contributed by atoms with Gasteiger partial charge < -0.3 is 9.64 Å². The highest BCUT2D eigenvalue weighted by Gasteiger charge is 2.67. The van der Waals surface area contributed by atoms with Crippen LogP contribution in [0.15, 0.2) is 47.1 Å². The number of esters is 1. The van der Waals surface area contributed by atoms with Crippen molar-refractivity contribution in [2.45, 2.75) is 97.1 Å². The lowest BCUT2D eigenvalue weighted by Crippen LogP contribution is -2.57. The lowest BCUT2D eigenvalue weighted by atomic mass is 9.50. The standard InChI is InChI=1S/C32H41NO4/c1-19(2)33(6)24-10-7-22(8-11-24)28-18-31(5)29(15-16-32(31,20(3)34)37-21(4)35)27-13-9-23-17-25(36)12-14-26(23)30(27)28/h7-8,10-11,17,19,27-29H,9,12-16,18H2,1-6H3/t27?,28-,29+,31+,32+/m1/s1. The van der Waals surface area contributed by atoms with Crippen LogP contribution in [-0.2, 0) is 19.1 Å². The molecule has 0 radical (unpaired) electrons. The molecule has 198 valence electrons. The van der Waals surface area contributed by atoms with Gasteiger partial charge in [-0.1, -0.05) is 24.6 Å². The van der Waals surface area contributed by atoms with Gasteiger partial charge in [0.15, 0.2) is 17.2 Å². The van der Waals surface area contributed by atoms with Gasteiger partial charge >= 0.3 is 5.97 Å². The van der Waals surface area contributed by atoms with Gasteiger partial charge in [0, 0.05) is 43.5 Å². The van der Waals surface area contributed by atoms with Gasteiger partial charge in [-0.2, -0.15) is 0 Å². The van der Waals surface area contributed by atoms with E-state index in [1.807, 2.05) is 6.08 Å². The quantitative estimate of drug-likeness (QED) is 0.440. The van der Waals surface area contributed by atoms with Gasteiger partial charge in [0.1, 0.15) is 0 Å². The number of hydrogen-bond acceptors (Lipinski definition) is 5. The number of ether oxygens (including phenoxy) is 1. The van der Waals surface area contributed by atoms with Crippen LogP contribution in [0.1, 0.15) is 91.0 Å². The molecule has 4 aliphatic rings. The molecule has 0 amide bonds. The average molecular weight is 504 g/mol. The summed E-state index contributed by atoms with van der Waals surface area (Å²) >= 11 is 0. The second-order valence-corrected chi connectivity index (χ2v) is 12.3. The first-order valence-corrected chi connectivity index (χ1v) is 14.0. The first-order chi connectivity index (χ1) is 17.5. The third kappa shape index (κ3) is 4.00. The van der Waals surface area contributed by atoms with Crippen molar-refractivity contribution in [3.05, 3.63) is 52.6 Å². The van der Waals surface area contributed by atoms with Crippen molar-refractivity contribution < 1.29 is 19.1 Å². The molecule has 5 rings (SSSR count). The largest absolute Gasteiger partial charge is 0.451 e. The second-order valence-electron chi connectivity index (χ2n) is 12.3. The zero-order valence-corrected chi connectivity index (χ0v) is 23.2. The molecule has 1 aromatic carbocycles. The topological polar surface area (TPSA) is 63.7 Å². The van der Waals surface area contributed by atoms with Crippen LogP contribution in [0.4, 0.5) is 5.69 Å². The fourth-order valence-electron chi connectivity index (χ4n) is 8.25. The second kappa shape index (κ2) is 9.25. The first-order valence-electron chi connectivity index (χ1n) is 14.0. The highest BCUT2D eigenvalue weighted by atomic mass is 16.6. The van der Waals surface area contributed by atoms with E-state index in [0.717, 1.165) is 32.1 Å². The summed E-state index contributed by atoms with van der Waals surface area (Å²) in [7, 11) is 2.11. The minimum atomic E-state index is -1.08. The van der Waals surface area contributed by atoms with Crippen LogP contribution in [0.2, 0.25) is 0 Å². The maximum Gasteiger partial charge on any atom is 0.303 e.